The van der Waals surface area contributed by atoms with Crippen LogP contribution in [-0.2, 0) is 0 Å². The van der Waals surface area contributed by atoms with E-state index in [4.69, 9.17) is 18.0 Å². The van der Waals surface area contributed by atoms with Gasteiger partial charge in [0, 0.05) is 18.1 Å². The molecule has 4 N–H and O–H groups in total. The molecule has 0 amide bonds. The molecule has 4 heteroatoms. The van der Waals surface area contributed by atoms with Crippen molar-refractivity contribution in [3.05, 3.63) is 0 Å². The second-order valence-corrected chi connectivity index (χ2v) is 5.23. The van der Waals surface area contributed by atoms with E-state index in [0.717, 1.165) is 5.11 Å². The highest BCUT2D eigenvalue weighted by Crippen LogP contribution is 2.34. The Bertz CT molecular complexity index is 226. The van der Waals surface area contributed by atoms with Crippen LogP contribution in [0.3, 0.4) is 0 Å². The molecule has 0 radical (unpaired) electrons. The van der Waals surface area contributed by atoms with Gasteiger partial charge in [0.1, 0.15) is 0 Å². The highest BCUT2D eigenvalue weighted by atomic mass is 32.1. The van der Waals surface area contributed by atoms with E-state index in [-0.39, 0.29) is 6.04 Å². The Morgan fingerprint density at radius 2 is 1.43 bits per heavy atom. The summed E-state index contributed by atoms with van der Waals surface area (Å²) in [7, 11) is 0. The largest absolute Gasteiger partial charge is 0.359 e. The first kappa shape index (κ1) is 10.2. The summed E-state index contributed by atoms with van der Waals surface area (Å²) in [6, 6.07) is 1.16. The predicted molar refractivity (Wildman–Crippen MR) is 61.9 cm³/mol. The summed E-state index contributed by atoms with van der Waals surface area (Å²) < 4.78 is 0. The van der Waals surface area contributed by atoms with Crippen molar-refractivity contribution >= 4 is 17.3 Å². The number of hydrogen-bond donors (Lipinski definition) is 3. The average Bonchev–Trinajstić information content (AvgIpc) is 2.16. The minimum absolute atomic E-state index is 0.268. The average molecular weight is 213 g/mol. The fourth-order valence-corrected chi connectivity index (χ4v) is 3.28. The summed E-state index contributed by atoms with van der Waals surface area (Å²) in [5.74, 6) is 1.60. The maximum atomic E-state index is 6.20. The fourth-order valence-electron chi connectivity index (χ4n) is 3.01. The van der Waals surface area contributed by atoms with Gasteiger partial charge in [0.2, 0.25) is 0 Å². The topological polar surface area (TPSA) is 50.1 Å². The van der Waals surface area contributed by atoms with E-state index in [9.17, 15) is 0 Å². The van der Waals surface area contributed by atoms with E-state index in [1.165, 1.54) is 0 Å². The number of nitrogens with two attached hydrogens (primary N) is 1. The summed E-state index contributed by atoms with van der Waals surface area (Å²) in [5.41, 5.74) is 6.20. The van der Waals surface area contributed by atoms with Crippen LogP contribution in [0.1, 0.15) is 20.8 Å². The van der Waals surface area contributed by atoms with Gasteiger partial charge in [-0.1, -0.05) is 20.8 Å². The number of rotatable bonds is 0. The smallest absolute Gasteiger partial charge is 0.166 e. The molecule has 2 bridgehead atoms. The number of thiocarbonyl (C=S) groups is 1. The minimum atomic E-state index is 0.268. The third kappa shape index (κ3) is 1.32. The van der Waals surface area contributed by atoms with E-state index in [2.05, 4.69) is 31.4 Å². The van der Waals surface area contributed by atoms with E-state index < -0.39 is 0 Å². The molecule has 0 spiro atoms. The van der Waals surface area contributed by atoms with Crippen LogP contribution >= 0.6 is 12.2 Å². The third-order valence-electron chi connectivity index (χ3n) is 4.08. The van der Waals surface area contributed by atoms with Crippen LogP contribution in [0.2, 0.25) is 0 Å². The molecular formula is C10H19N3S. The Hall–Kier alpha value is -0.350. The zero-order chi connectivity index (χ0) is 10.5. The highest BCUT2D eigenvalue weighted by Gasteiger charge is 2.46. The highest BCUT2D eigenvalue weighted by molar-refractivity contribution is 7.80. The van der Waals surface area contributed by atoms with Crippen LogP contribution in [0, 0.1) is 17.8 Å². The fraction of sp³-hybridized carbons (Fsp3) is 0.900. The van der Waals surface area contributed by atoms with Gasteiger partial charge in [-0.15, -0.1) is 0 Å². The van der Waals surface area contributed by atoms with Gasteiger partial charge in [-0.3, -0.25) is 0 Å². The predicted octanol–water partition coefficient (Wildman–Crippen LogP) is 0.450. The van der Waals surface area contributed by atoms with Crippen molar-refractivity contribution in [2.75, 3.05) is 0 Å². The van der Waals surface area contributed by atoms with Crippen molar-refractivity contribution in [2.24, 2.45) is 23.5 Å². The first-order valence-corrected chi connectivity index (χ1v) is 5.76. The molecular weight excluding hydrogens is 194 g/mol. The van der Waals surface area contributed by atoms with Gasteiger partial charge >= 0.3 is 0 Å². The molecule has 2 fully saturated rings. The van der Waals surface area contributed by atoms with Crippen molar-refractivity contribution < 1.29 is 0 Å². The van der Waals surface area contributed by atoms with Crippen LogP contribution in [-0.4, -0.2) is 23.2 Å². The van der Waals surface area contributed by atoms with Gasteiger partial charge < -0.3 is 16.4 Å². The number of hydrogen-bond acceptors (Lipinski definition) is 2. The van der Waals surface area contributed by atoms with E-state index >= 15 is 0 Å². The zero-order valence-electron chi connectivity index (χ0n) is 8.95. The molecule has 0 aromatic rings. The van der Waals surface area contributed by atoms with E-state index in [0.29, 0.717) is 29.8 Å². The van der Waals surface area contributed by atoms with Crippen molar-refractivity contribution in [3.63, 3.8) is 0 Å². The zero-order valence-corrected chi connectivity index (χ0v) is 9.77. The number of fused-ring (bicyclic) bond motifs is 2. The summed E-state index contributed by atoms with van der Waals surface area (Å²) in [4.78, 5) is 0. The molecule has 80 valence electrons. The lowest BCUT2D eigenvalue weighted by molar-refractivity contribution is 0.0960. The summed E-state index contributed by atoms with van der Waals surface area (Å²) in [6.07, 6.45) is 0. The lowest BCUT2D eigenvalue weighted by Gasteiger charge is -2.52. The van der Waals surface area contributed by atoms with Gasteiger partial charge in [0.15, 0.2) is 5.11 Å². The summed E-state index contributed by atoms with van der Waals surface area (Å²) in [6.45, 7) is 6.72. The standard InChI is InChI=1S/C10H19N3S/c1-4-7(11)5(2)9-6(3)8(4)12-10(14)13-9/h4-9H,11H2,1-3H3,(H2,12,13,14)/t4-,5+,6?,7?,8-,9+. The molecule has 1 saturated carbocycles. The number of nitrogens with one attached hydrogen (secondary N) is 2. The molecule has 1 aliphatic carbocycles. The van der Waals surface area contributed by atoms with Crippen LogP contribution in [0.25, 0.3) is 0 Å². The molecule has 0 aromatic carbocycles. The van der Waals surface area contributed by atoms with Gasteiger partial charge in [0.25, 0.3) is 0 Å². The van der Waals surface area contributed by atoms with Crippen LogP contribution < -0.4 is 16.4 Å². The molecule has 1 aliphatic heterocycles. The van der Waals surface area contributed by atoms with Crippen molar-refractivity contribution in [1.82, 2.24) is 10.6 Å². The van der Waals surface area contributed by atoms with Gasteiger partial charge in [0.05, 0.1) is 0 Å². The van der Waals surface area contributed by atoms with Crippen molar-refractivity contribution in [2.45, 2.75) is 38.9 Å². The van der Waals surface area contributed by atoms with Crippen LogP contribution in [0.4, 0.5) is 0 Å². The second kappa shape index (κ2) is 3.35. The molecule has 2 aliphatic rings. The van der Waals surface area contributed by atoms with Crippen LogP contribution in [0.15, 0.2) is 0 Å². The Balaban J connectivity index is 2.27. The SMILES string of the molecule is CC1[C@H]2NC(=S)N[C@@H]1[C@H](C)C(N)[C@@H]2C. The Labute approximate surface area is 90.8 Å². The molecule has 6 atom stereocenters. The van der Waals surface area contributed by atoms with Crippen molar-refractivity contribution in [3.8, 4) is 0 Å². The second-order valence-electron chi connectivity index (χ2n) is 4.82. The van der Waals surface area contributed by atoms with Gasteiger partial charge in [-0.05, 0) is 30.0 Å². The molecule has 3 nitrogen and oxygen atoms in total. The maximum absolute atomic E-state index is 6.20. The maximum Gasteiger partial charge on any atom is 0.166 e. The lowest BCUT2D eigenvalue weighted by Crippen LogP contribution is -2.71. The lowest BCUT2D eigenvalue weighted by atomic mass is 9.66. The Morgan fingerprint density at radius 1 is 1.00 bits per heavy atom. The Morgan fingerprint density at radius 3 is 1.86 bits per heavy atom. The summed E-state index contributed by atoms with van der Waals surface area (Å²) >= 11 is 5.19. The van der Waals surface area contributed by atoms with Crippen molar-refractivity contribution in [1.29, 1.82) is 0 Å². The third-order valence-corrected chi connectivity index (χ3v) is 4.31. The summed E-state index contributed by atoms with van der Waals surface area (Å²) in [5, 5.41) is 7.47. The molecule has 2 rings (SSSR count). The monoisotopic (exact) mass is 213 g/mol. The minimum Gasteiger partial charge on any atom is -0.359 e. The normalized spacial score (nSPS) is 52.1. The Kier molecular flexibility index (Phi) is 2.43. The molecule has 0 aromatic heterocycles. The van der Waals surface area contributed by atoms with Gasteiger partial charge in [-0.25, -0.2) is 0 Å². The first-order valence-electron chi connectivity index (χ1n) is 5.35. The van der Waals surface area contributed by atoms with E-state index in [1.54, 1.807) is 0 Å². The first-order chi connectivity index (χ1) is 6.52. The van der Waals surface area contributed by atoms with E-state index in [1.807, 2.05) is 0 Å². The van der Waals surface area contributed by atoms with Crippen LogP contribution in [0.5, 0.6) is 0 Å². The molecule has 1 heterocycles. The molecule has 14 heavy (non-hydrogen) atoms. The quantitative estimate of drug-likeness (QED) is 0.511. The molecule has 2 unspecified atom stereocenters. The van der Waals surface area contributed by atoms with Gasteiger partial charge in [-0.2, -0.15) is 0 Å². The molecule has 1 saturated heterocycles.